The molecule has 0 saturated heterocycles. The van der Waals surface area contributed by atoms with Gasteiger partial charge >= 0.3 is 0 Å². The van der Waals surface area contributed by atoms with Gasteiger partial charge in [0.25, 0.3) is 0 Å². The fraction of sp³-hybridized carbons (Fsp3) is 0. The summed E-state index contributed by atoms with van der Waals surface area (Å²) >= 11 is 1.72. The molecule has 0 aliphatic carbocycles. The number of hydrogen-bond acceptors (Lipinski definition) is 1. The number of thiophene rings is 1. The minimum absolute atomic E-state index is 1.12. The summed E-state index contributed by atoms with van der Waals surface area (Å²) < 4.78 is 0. The lowest BCUT2D eigenvalue weighted by atomic mass is 10.2. The molecule has 0 nitrogen and oxygen atoms in total. The second-order valence-electron chi connectivity index (χ2n) is 2.67. The van der Waals surface area contributed by atoms with Crippen LogP contribution in [0.4, 0.5) is 0 Å². The molecule has 0 spiro atoms. The Morgan fingerprint density at radius 3 is 2.54 bits per heavy atom. The van der Waals surface area contributed by atoms with E-state index >= 15 is 0 Å². The van der Waals surface area contributed by atoms with Crippen LogP contribution in [0.5, 0.6) is 0 Å². The molecule has 1 heteroatoms. The quantitative estimate of drug-likeness (QED) is 0.670. The molecule has 2 rings (SSSR count). The standard InChI is InChI=1S/C12H9S/c1-2-5-11(6-3-1)8-9-12-7-4-10-13-12/h1-7,9-10H. The molecule has 0 atom stereocenters. The lowest BCUT2D eigenvalue weighted by Gasteiger charge is -1.88. The maximum absolute atomic E-state index is 3.23. The fourth-order valence-corrected chi connectivity index (χ4v) is 1.66. The van der Waals surface area contributed by atoms with E-state index in [1.54, 1.807) is 11.3 Å². The van der Waals surface area contributed by atoms with E-state index in [0.717, 1.165) is 5.56 Å². The van der Waals surface area contributed by atoms with Gasteiger partial charge < -0.3 is 0 Å². The van der Waals surface area contributed by atoms with E-state index < -0.39 is 0 Å². The summed E-state index contributed by atoms with van der Waals surface area (Å²) in [4.78, 5) is 1.24. The largest absolute Gasteiger partial charge is 0.144 e. The zero-order valence-corrected chi connectivity index (χ0v) is 7.92. The molecule has 0 aliphatic rings. The van der Waals surface area contributed by atoms with E-state index in [0.29, 0.717) is 0 Å². The predicted octanol–water partition coefficient (Wildman–Crippen LogP) is 3.61. The third-order valence-corrected chi connectivity index (χ3v) is 2.52. The molecular weight excluding hydrogens is 176 g/mol. The molecular formula is C12H9S. The Balaban J connectivity index is 2.15. The third kappa shape index (κ3) is 2.30. The zero-order valence-electron chi connectivity index (χ0n) is 7.10. The first-order valence-electron chi connectivity index (χ1n) is 4.13. The predicted molar refractivity (Wildman–Crippen MR) is 57.6 cm³/mol. The van der Waals surface area contributed by atoms with Crippen molar-refractivity contribution in [3.8, 4) is 0 Å². The summed E-state index contributed by atoms with van der Waals surface area (Å²) in [5, 5.41) is 2.07. The second kappa shape index (κ2) is 4.06. The van der Waals surface area contributed by atoms with Gasteiger partial charge in [0.15, 0.2) is 0 Å². The van der Waals surface area contributed by atoms with E-state index in [9.17, 15) is 0 Å². The number of rotatable bonds is 2. The van der Waals surface area contributed by atoms with E-state index in [4.69, 9.17) is 0 Å². The van der Waals surface area contributed by atoms with Crippen LogP contribution in [-0.4, -0.2) is 0 Å². The van der Waals surface area contributed by atoms with Crippen molar-refractivity contribution in [3.63, 3.8) is 0 Å². The SMILES string of the molecule is [C](=C\c1cccs1)/c1ccccc1. The molecule has 0 N–H and O–H groups in total. The van der Waals surface area contributed by atoms with Crippen molar-refractivity contribution in [2.24, 2.45) is 0 Å². The van der Waals surface area contributed by atoms with Crippen LogP contribution in [0.2, 0.25) is 0 Å². The monoisotopic (exact) mass is 185 g/mol. The van der Waals surface area contributed by atoms with Crippen LogP contribution in [0.25, 0.3) is 6.08 Å². The smallest absolute Gasteiger partial charge is 0.0276 e. The Hall–Kier alpha value is -1.34. The molecule has 2 aromatic rings. The summed E-state index contributed by atoms with van der Waals surface area (Å²) in [6, 6.07) is 14.3. The molecule has 0 saturated carbocycles. The zero-order chi connectivity index (χ0) is 8.93. The summed E-state index contributed by atoms with van der Waals surface area (Å²) in [6.45, 7) is 0. The summed E-state index contributed by atoms with van der Waals surface area (Å²) in [7, 11) is 0. The van der Waals surface area contributed by atoms with Crippen LogP contribution >= 0.6 is 11.3 Å². The van der Waals surface area contributed by atoms with Gasteiger partial charge in [-0.05, 0) is 29.2 Å². The van der Waals surface area contributed by atoms with Gasteiger partial charge in [-0.15, -0.1) is 11.3 Å². The van der Waals surface area contributed by atoms with Crippen molar-refractivity contribution in [2.75, 3.05) is 0 Å². The van der Waals surface area contributed by atoms with E-state index in [-0.39, 0.29) is 0 Å². The van der Waals surface area contributed by atoms with Crippen molar-refractivity contribution in [1.29, 1.82) is 0 Å². The first-order chi connectivity index (χ1) is 6.45. The third-order valence-electron chi connectivity index (χ3n) is 1.70. The van der Waals surface area contributed by atoms with Crippen LogP contribution in [0.3, 0.4) is 0 Å². The Kier molecular flexibility index (Phi) is 2.58. The maximum atomic E-state index is 3.23. The average Bonchev–Trinajstić information content (AvgIpc) is 2.69. The summed E-state index contributed by atoms with van der Waals surface area (Å²) in [5.74, 6) is 0. The average molecular weight is 185 g/mol. The highest BCUT2D eigenvalue weighted by Crippen LogP contribution is 2.11. The minimum atomic E-state index is 1.12. The minimum Gasteiger partial charge on any atom is -0.144 e. The van der Waals surface area contributed by atoms with Crippen LogP contribution in [0.15, 0.2) is 47.8 Å². The Morgan fingerprint density at radius 1 is 1.00 bits per heavy atom. The molecule has 0 aliphatic heterocycles. The van der Waals surface area contributed by atoms with Crippen LogP contribution in [0, 0.1) is 6.08 Å². The highest BCUT2D eigenvalue weighted by Gasteiger charge is 1.86. The molecule has 63 valence electrons. The maximum Gasteiger partial charge on any atom is 0.0276 e. The van der Waals surface area contributed by atoms with Gasteiger partial charge in [0.1, 0.15) is 0 Å². The molecule has 1 aromatic carbocycles. The molecule has 1 aromatic heterocycles. The van der Waals surface area contributed by atoms with E-state index in [1.807, 2.05) is 42.5 Å². The van der Waals surface area contributed by atoms with Gasteiger partial charge in [-0.3, -0.25) is 0 Å². The van der Waals surface area contributed by atoms with Crippen LogP contribution < -0.4 is 0 Å². The van der Waals surface area contributed by atoms with Crippen molar-refractivity contribution in [3.05, 3.63) is 64.4 Å². The molecule has 1 radical (unpaired) electrons. The van der Waals surface area contributed by atoms with E-state index in [1.165, 1.54) is 4.88 Å². The molecule has 0 unspecified atom stereocenters. The Labute approximate surface area is 82.2 Å². The first-order valence-corrected chi connectivity index (χ1v) is 5.01. The normalized spacial score (nSPS) is 10.8. The van der Waals surface area contributed by atoms with Crippen molar-refractivity contribution in [2.45, 2.75) is 0 Å². The highest BCUT2D eigenvalue weighted by molar-refractivity contribution is 7.10. The first kappa shape index (κ1) is 8.27. The lowest BCUT2D eigenvalue weighted by molar-refractivity contribution is 1.59. The summed E-state index contributed by atoms with van der Waals surface area (Å²) in [6.07, 6.45) is 5.25. The fourth-order valence-electron chi connectivity index (χ4n) is 1.06. The Morgan fingerprint density at radius 2 is 1.85 bits per heavy atom. The van der Waals surface area contributed by atoms with Gasteiger partial charge in [0.2, 0.25) is 0 Å². The van der Waals surface area contributed by atoms with Crippen LogP contribution in [-0.2, 0) is 0 Å². The second-order valence-corrected chi connectivity index (χ2v) is 3.65. The van der Waals surface area contributed by atoms with Gasteiger partial charge in [-0.25, -0.2) is 0 Å². The molecule has 13 heavy (non-hydrogen) atoms. The van der Waals surface area contributed by atoms with Crippen molar-refractivity contribution in [1.82, 2.24) is 0 Å². The topological polar surface area (TPSA) is 0 Å². The van der Waals surface area contributed by atoms with Crippen molar-refractivity contribution < 1.29 is 0 Å². The Bertz CT molecular complexity index is 371. The van der Waals surface area contributed by atoms with Gasteiger partial charge in [-0.2, -0.15) is 0 Å². The highest BCUT2D eigenvalue weighted by atomic mass is 32.1. The number of hydrogen-bond donors (Lipinski definition) is 0. The van der Waals surface area contributed by atoms with Crippen molar-refractivity contribution >= 4 is 17.4 Å². The van der Waals surface area contributed by atoms with Gasteiger partial charge in [-0.1, -0.05) is 36.4 Å². The van der Waals surface area contributed by atoms with Crippen LogP contribution in [0.1, 0.15) is 10.4 Å². The number of benzene rings is 1. The molecule has 0 fully saturated rings. The molecule has 0 bridgehead atoms. The molecule has 1 heterocycles. The lowest BCUT2D eigenvalue weighted by Crippen LogP contribution is -1.69. The van der Waals surface area contributed by atoms with E-state index in [2.05, 4.69) is 17.5 Å². The van der Waals surface area contributed by atoms with Gasteiger partial charge in [0.05, 0.1) is 0 Å². The van der Waals surface area contributed by atoms with Gasteiger partial charge in [0, 0.05) is 4.88 Å². The molecule has 0 amide bonds. The summed E-state index contributed by atoms with van der Waals surface area (Å²) in [5.41, 5.74) is 1.12.